The van der Waals surface area contributed by atoms with E-state index < -0.39 is 17.8 Å². The fraction of sp³-hybridized carbons (Fsp3) is 0.200. The average Bonchev–Trinajstić information content (AvgIpc) is 2.91. The van der Waals surface area contributed by atoms with Crippen LogP contribution in [0.2, 0.25) is 5.02 Å². The van der Waals surface area contributed by atoms with Gasteiger partial charge in [-0.25, -0.2) is 19.3 Å². The van der Waals surface area contributed by atoms with Crippen molar-refractivity contribution >= 4 is 34.4 Å². The molecule has 3 N–H and O–H groups in total. The SMILES string of the molecule is C[C@@H](CC(=O)O)Nc1nc(-c2c[nH]c3ncc(Cl)cc23)ncc1F.[HH]. The molecule has 0 saturated carbocycles. The summed E-state index contributed by atoms with van der Waals surface area (Å²) in [5.41, 5.74) is 1.23. The monoisotopic (exact) mass is 351 g/mol. The average molecular weight is 352 g/mol. The van der Waals surface area contributed by atoms with E-state index in [-0.39, 0.29) is 19.5 Å². The van der Waals surface area contributed by atoms with Crippen LogP contribution in [0.3, 0.4) is 0 Å². The van der Waals surface area contributed by atoms with Gasteiger partial charge in [0.1, 0.15) is 5.65 Å². The van der Waals surface area contributed by atoms with E-state index in [0.29, 0.717) is 21.6 Å². The summed E-state index contributed by atoms with van der Waals surface area (Å²) in [5.74, 6) is -1.43. The van der Waals surface area contributed by atoms with Gasteiger partial charge < -0.3 is 15.4 Å². The van der Waals surface area contributed by atoms with E-state index in [1.54, 1.807) is 19.2 Å². The molecule has 0 bridgehead atoms. The van der Waals surface area contributed by atoms with Crippen LogP contribution in [-0.4, -0.2) is 37.1 Å². The first-order valence-electron chi connectivity index (χ1n) is 7.08. The highest BCUT2D eigenvalue weighted by atomic mass is 35.5. The van der Waals surface area contributed by atoms with Crippen LogP contribution in [0.25, 0.3) is 22.4 Å². The van der Waals surface area contributed by atoms with Crippen LogP contribution < -0.4 is 5.32 Å². The molecule has 0 spiro atoms. The van der Waals surface area contributed by atoms with Crippen molar-refractivity contribution in [2.75, 3.05) is 5.32 Å². The number of carboxylic acid groups (broad SMARTS) is 1. The Labute approximate surface area is 142 Å². The molecule has 1 atom stereocenters. The molecular weight excluding hydrogens is 337 g/mol. The third-order valence-corrected chi connectivity index (χ3v) is 3.55. The van der Waals surface area contributed by atoms with Gasteiger partial charge in [-0.2, -0.15) is 0 Å². The lowest BCUT2D eigenvalue weighted by Gasteiger charge is -2.13. The Bertz CT molecular complexity index is 920. The van der Waals surface area contributed by atoms with E-state index in [9.17, 15) is 9.18 Å². The molecule has 0 radical (unpaired) electrons. The summed E-state index contributed by atoms with van der Waals surface area (Å²) in [6.45, 7) is 1.63. The van der Waals surface area contributed by atoms with Gasteiger partial charge in [-0.3, -0.25) is 4.79 Å². The van der Waals surface area contributed by atoms with Crippen LogP contribution in [0.15, 0.2) is 24.7 Å². The van der Waals surface area contributed by atoms with Crippen molar-refractivity contribution in [3.05, 3.63) is 35.5 Å². The Morgan fingerprint density at radius 2 is 2.29 bits per heavy atom. The number of nitrogens with zero attached hydrogens (tertiary/aromatic N) is 3. The molecule has 3 aromatic rings. The van der Waals surface area contributed by atoms with Crippen molar-refractivity contribution in [3.63, 3.8) is 0 Å². The lowest BCUT2D eigenvalue weighted by Crippen LogP contribution is -2.21. The second-order valence-electron chi connectivity index (χ2n) is 5.29. The zero-order chi connectivity index (χ0) is 17.3. The minimum Gasteiger partial charge on any atom is -0.481 e. The van der Waals surface area contributed by atoms with E-state index in [4.69, 9.17) is 16.7 Å². The highest BCUT2D eigenvalue weighted by Crippen LogP contribution is 2.28. The predicted molar refractivity (Wildman–Crippen MR) is 89.5 cm³/mol. The predicted octanol–water partition coefficient (Wildman–Crippen LogP) is 3.33. The molecule has 126 valence electrons. The maximum absolute atomic E-state index is 13.9. The summed E-state index contributed by atoms with van der Waals surface area (Å²) in [6, 6.07) is 1.22. The van der Waals surface area contributed by atoms with Gasteiger partial charge in [-0.05, 0) is 13.0 Å². The van der Waals surface area contributed by atoms with Crippen molar-refractivity contribution in [2.45, 2.75) is 19.4 Å². The van der Waals surface area contributed by atoms with E-state index in [1.165, 1.54) is 6.20 Å². The molecule has 9 heteroatoms. The third kappa shape index (κ3) is 3.28. The first-order valence-corrected chi connectivity index (χ1v) is 7.45. The van der Waals surface area contributed by atoms with E-state index in [1.807, 2.05) is 0 Å². The highest BCUT2D eigenvalue weighted by Gasteiger charge is 2.15. The van der Waals surface area contributed by atoms with E-state index in [2.05, 4.69) is 25.3 Å². The number of halogens is 2. The number of H-pyrrole nitrogens is 1. The standard InChI is InChI=1S/C15H13ClFN5O2.H2/c1-7(2-12(23)24)21-15-11(17)6-20-14(22-15)10-5-19-13-9(10)3-8(16)4-18-13;/h3-7H,2H2,1H3,(H,18,19)(H,23,24)(H,20,21,22);1H/t7-;/m0./s1. The summed E-state index contributed by atoms with van der Waals surface area (Å²) >= 11 is 5.96. The number of rotatable bonds is 5. The molecule has 7 nitrogen and oxygen atoms in total. The summed E-state index contributed by atoms with van der Waals surface area (Å²) < 4.78 is 13.9. The molecule has 0 aliphatic heterocycles. The maximum Gasteiger partial charge on any atom is 0.305 e. The third-order valence-electron chi connectivity index (χ3n) is 3.35. The smallest absolute Gasteiger partial charge is 0.305 e. The fourth-order valence-corrected chi connectivity index (χ4v) is 2.47. The largest absolute Gasteiger partial charge is 0.481 e. The molecule has 3 heterocycles. The van der Waals surface area contributed by atoms with E-state index >= 15 is 0 Å². The van der Waals surface area contributed by atoms with Gasteiger partial charge in [0.05, 0.1) is 17.6 Å². The van der Waals surface area contributed by atoms with Gasteiger partial charge >= 0.3 is 5.97 Å². The number of fused-ring (bicyclic) bond motifs is 1. The number of aromatic nitrogens is 4. The number of anilines is 1. The van der Waals surface area contributed by atoms with Gasteiger partial charge in [0, 0.05) is 30.8 Å². The van der Waals surface area contributed by atoms with Gasteiger partial charge in [-0.1, -0.05) is 11.6 Å². The minimum absolute atomic E-state index is 0. The molecule has 0 unspecified atom stereocenters. The van der Waals surface area contributed by atoms with Crippen molar-refractivity contribution < 1.29 is 15.7 Å². The molecule has 0 aliphatic rings. The Hall–Kier alpha value is -2.74. The van der Waals surface area contributed by atoms with Gasteiger partial charge in [0.2, 0.25) is 0 Å². The van der Waals surface area contributed by atoms with Crippen molar-refractivity contribution in [1.29, 1.82) is 0 Å². The topological polar surface area (TPSA) is 104 Å². The van der Waals surface area contributed by atoms with Gasteiger partial charge in [-0.15, -0.1) is 0 Å². The quantitative estimate of drug-likeness (QED) is 0.651. The second-order valence-corrected chi connectivity index (χ2v) is 5.72. The molecule has 0 aromatic carbocycles. The molecule has 0 saturated heterocycles. The van der Waals surface area contributed by atoms with Gasteiger partial charge in [0.25, 0.3) is 0 Å². The van der Waals surface area contributed by atoms with Crippen LogP contribution in [0.5, 0.6) is 0 Å². The molecular formula is C15H15ClFN5O2. The Morgan fingerprint density at radius 1 is 1.50 bits per heavy atom. The lowest BCUT2D eigenvalue weighted by molar-refractivity contribution is -0.137. The molecule has 0 amide bonds. The lowest BCUT2D eigenvalue weighted by atomic mass is 10.2. The first-order chi connectivity index (χ1) is 11.4. The summed E-state index contributed by atoms with van der Waals surface area (Å²) in [5, 5.41) is 12.7. The number of aliphatic carboxylic acids is 1. The molecule has 0 fully saturated rings. The van der Waals surface area contributed by atoms with Crippen molar-refractivity contribution in [2.24, 2.45) is 0 Å². The van der Waals surface area contributed by atoms with Crippen LogP contribution in [0.4, 0.5) is 10.2 Å². The number of carbonyl (C=O) groups is 1. The summed E-state index contributed by atoms with van der Waals surface area (Å²) in [4.78, 5) is 26.0. The Kier molecular flexibility index (Phi) is 4.30. The van der Waals surface area contributed by atoms with Crippen molar-refractivity contribution in [1.82, 2.24) is 19.9 Å². The maximum atomic E-state index is 13.9. The minimum atomic E-state index is -0.984. The van der Waals surface area contributed by atoms with Gasteiger partial charge in [0.15, 0.2) is 17.5 Å². The second kappa shape index (κ2) is 6.40. The van der Waals surface area contributed by atoms with E-state index in [0.717, 1.165) is 6.20 Å². The molecule has 0 aliphatic carbocycles. The Morgan fingerprint density at radius 3 is 3.04 bits per heavy atom. The number of aromatic amines is 1. The number of hydrogen-bond donors (Lipinski definition) is 3. The molecule has 24 heavy (non-hydrogen) atoms. The zero-order valence-electron chi connectivity index (χ0n) is 12.5. The fourth-order valence-electron chi connectivity index (χ4n) is 2.31. The van der Waals surface area contributed by atoms with Crippen LogP contribution in [0.1, 0.15) is 14.8 Å². The normalized spacial score (nSPS) is 12.3. The van der Waals surface area contributed by atoms with Crippen LogP contribution >= 0.6 is 11.6 Å². The van der Waals surface area contributed by atoms with Crippen LogP contribution in [-0.2, 0) is 4.79 Å². The highest BCUT2D eigenvalue weighted by molar-refractivity contribution is 6.31. The number of hydrogen-bond acceptors (Lipinski definition) is 5. The molecule has 3 aromatic heterocycles. The summed E-state index contributed by atoms with van der Waals surface area (Å²) in [7, 11) is 0. The van der Waals surface area contributed by atoms with Crippen LogP contribution in [0, 0.1) is 5.82 Å². The number of pyridine rings is 1. The number of nitrogens with one attached hydrogen (secondary N) is 2. The molecule has 3 rings (SSSR count). The summed E-state index contributed by atoms with van der Waals surface area (Å²) in [6.07, 6.45) is 4.04. The number of carboxylic acids is 1. The van der Waals surface area contributed by atoms with Crippen molar-refractivity contribution in [3.8, 4) is 11.4 Å². The Balaban J connectivity index is 0.00000225. The first kappa shape index (κ1) is 16.1. The zero-order valence-corrected chi connectivity index (χ0v) is 13.3.